The van der Waals surface area contributed by atoms with Crippen molar-refractivity contribution in [3.63, 3.8) is 0 Å². The van der Waals surface area contributed by atoms with E-state index in [9.17, 15) is 9.59 Å². The Bertz CT molecular complexity index is 917. The van der Waals surface area contributed by atoms with Crippen molar-refractivity contribution in [2.45, 2.75) is 53.4 Å². The Morgan fingerprint density at radius 1 is 1.00 bits per heavy atom. The topological polar surface area (TPSA) is 49.4 Å². The van der Waals surface area contributed by atoms with Crippen molar-refractivity contribution < 1.29 is 9.59 Å². The van der Waals surface area contributed by atoms with Crippen LogP contribution in [0.3, 0.4) is 0 Å². The Kier molecular flexibility index (Phi) is 6.88. The number of nitrogens with one attached hydrogen (secondary N) is 1. The second-order valence-electron chi connectivity index (χ2n) is 10.2. The van der Waals surface area contributed by atoms with Crippen LogP contribution in [0.15, 0.2) is 48.5 Å². The molecule has 1 aliphatic heterocycles. The number of aryl methyl sites for hydroxylation is 1. The van der Waals surface area contributed by atoms with Gasteiger partial charge in [-0.3, -0.25) is 9.59 Å². The second kappa shape index (κ2) is 9.25. The van der Waals surface area contributed by atoms with Crippen LogP contribution in [-0.4, -0.2) is 36.9 Å². The Balaban J connectivity index is 1.72. The number of carbonyl (C=O) groups excluding carboxylic acids is 2. The van der Waals surface area contributed by atoms with E-state index in [2.05, 4.69) is 81.5 Å². The molecule has 4 heteroatoms. The first-order chi connectivity index (χ1) is 14.6. The van der Waals surface area contributed by atoms with E-state index in [1.807, 2.05) is 4.90 Å². The highest BCUT2D eigenvalue weighted by atomic mass is 16.2. The van der Waals surface area contributed by atoms with Gasteiger partial charge >= 0.3 is 0 Å². The summed E-state index contributed by atoms with van der Waals surface area (Å²) in [6.07, 6.45) is 2.63. The summed E-state index contributed by atoms with van der Waals surface area (Å²) >= 11 is 0. The molecule has 2 aromatic rings. The summed E-state index contributed by atoms with van der Waals surface area (Å²) < 4.78 is 0. The maximum atomic E-state index is 12.9. The standard InChI is InChI=1S/C27H36N2O2/c1-20-7-6-8-23(17-20)22-11-9-21(10-12-22)18-27(25(31)28-5)13-15-29(16-14-27)24(30)19-26(2,3)4/h6-12,17H,13-16,18-19H2,1-5H3,(H,28,31). The molecule has 3 rings (SSSR count). The van der Waals surface area contributed by atoms with Crippen LogP contribution >= 0.6 is 0 Å². The molecule has 1 fully saturated rings. The lowest BCUT2D eigenvalue weighted by Gasteiger charge is -2.41. The highest BCUT2D eigenvalue weighted by Gasteiger charge is 2.42. The van der Waals surface area contributed by atoms with Crippen molar-refractivity contribution in [1.29, 1.82) is 0 Å². The molecular weight excluding hydrogens is 384 g/mol. The molecule has 1 aliphatic rings. The molecule has 0 aromatic heterocycles. The van der Waals surface area contributed by atoms with E-state index in [1.165, 1.54) is 16.7 Å². The monoisotopic (exact) mass is 420 g/mol. The molecule has 1 saturated heterocycles. The largest absolute Gasteiger partial charge is 0.359 e. The molecule has 0 unspecified atom stereocenters. The molecule has 0 aliphatic carbocycles. The fourth-order valence-electron chi connectivity index (χ4n) is 4.53. The number of amides is 2. The Morgan fingerprint density at radius 3 is 2.19 bits per heavy atom. The van der Waals surface area contributed by atoms with E-state index < -0.39 is 5.41 Å². The lowest BCUT2D eigenvalue weighted by atomic mass is 9.72. The van der Waals surface area contributed by atoms with Crippen LogP contribution in [0, 0.1) is 17.8 Å². The Labute approximate surface area is 187 Å². The number of benzene rings is 2. The molecule has 2 aromatic carbocycles. The van der Waals surface area contributed by atoms with Gasteiger partial charge in [-0.2, -0.15) is 0 Å². The predicted molar refractivity (Wildman–Crippen MR) is 127 cm³/mol. The fourth-order valence-corrected chi connectivity index (χ4v) is 4.53. The summed E-state index contributed by atoms with van der Waals surface area (Å²) in [6, 6.07) is 17.0. The smallest absolute Gasteiger partial charge is 0.226 e. The lowest BCUT2D eigenvalue weighted by molar-refractivity contribution is -0.141. The summed E-state index contributed by atoms with van der Waals surface area (Å²) in [5.74, 6) is 0.277. The quantitative estimate of drug-likeness (QED) is 0.740. The molecule has 1 heterocycles. The van der Waals surface area contributed by atoms with Crippen LogP contribution in [0.2, 0.25) is 0 Å². The summed E-state index contributed by atoms with van der Waals surface area (Å²) in [4.78, 5) is 27.5. The minimum Gasteiger partial charge on any atom is -0.359 e. The van der Waals surface area contributed by atoms with Gasteiger partial charge in [0.05, 0.1) is 5.41 Å². The van der Waals surface area contributed by atoms with Crippen LogP contribution in [-0.2, 0) is 16.0 Å². The van der Waals surface area contributed by atoms with Crippen LogP contribution in [0.5, 0.6) is 0 Å². The molecule has 1 N–H and O–H groups in total. The average molecular weight is 421 g/mol. The van der Waals surface area contributed by atoms with E-state index in [1.54, 1.807) is 7.05 Å². The SMILES string of the molecule is CNC(=O)C1(Cc2ccc(-c3cccc(C)c3)cc2)CCN(C(=O)CC(C)(C)C)CC1. The Hall–Kier alpha value is -2.62. The molecular formula is C27H36N2O2. The van der Waals surface area contributed by atoms with Crippen molar-refractivity contribution in [3.05, 3.63) is 59.7 Å². The molecule has 0 radical (unpaired) electrons. The number of piperidine rings is 1. The van der Waals surface area contributed by atoms with Crippen LogP contribution in [0.1, 0.15) is 51.2 Å². The third kappa shape index (κ3) is 5.75. The van der Waals surface area contributed by atoms with Crippen molar-refractivity contribution in [3.8, 4) is 11.1 Å². The van der Waals surface area contributed by atoms with E-state index in [0.717, 1.165) is 5.56 Å². The second-order valence-corrected chi connectivity index (χ2v) is 10.2. The minimum absolute atomic E-state index is 0.0224. The molecule has 166 valence electrons. The van der Waals surface area contributed by atoms with E-state index in [-0.39, 0.29) is 17.2 Å². The summed E-state index contributed by atoms with van der Waals surface area (Å²) in [5.41, 5.74) is 4.31. The van der Waals surface area contributed by atoms with Gasteiger partial charge in [0.2, 0.25) is 11.8 Å². The highest BCUT2D eigenvalue weighted by molar-refractivity contribution is 5.83. The number of hydrogen-bond donors (Lipinski definition) is 1. The summed E-state index contributed by atoms with van der Waals surface area (Å²) in [5, 5.41) is 2.88. The zero-order valence-electron chi connectivity index (χ0n) is 19.6. The van der Waals surface area contributed by atoms with Gasteiger partial charge in [0.15, 0.2) is 0 Å². The third-order valence-electron chi connectivity index (χ3n) is 6.31. The van der Waals surface area contributed by atoms with Gasteiger partial charge in [-0.05, 0) is 48.3 Å². The molecule has 4 nitrogen and oxygen atoms in total. The number of carbonyl (C=O) groups is 2. The molecule has 0 bridgehead atoms. The first-order valence-corrected chi connectivity index (χ1v) is 11.3. The maximum absolute atomic E-state index is 12.9. The average Bonchev–Trinajstić information content (AvgIpc) is 2.73. The molecule has 2 amide bonds. The van der Waals surface area contributed by atoms with Gasteiger partial charge in [-0.1, -0.05) is 74.9 Å². The highest BCUT2D eigenvalue weighted by Crippen LogP contribution is 2.37. The summed E-state index contributed by atoms with van der Waals surface area (Å²) in [7, 11) is 1.71. The fraction of sp³-hybridized carbons (Fsp3) is 0.481. The first-order valence-electron chi connectivity index (χ1n) is 11.3. The van der Waals surface area contributed by atoms with Crippen LogP contribution < -0.4 is 5.32 Å². The van der Waals surface area contributed by atoms with Crippen molar-refractivity contribution in [2.24, 2.45) is 10.8 Å². The van der Waals surface area contributed by atoms with Gasteiger partial charge in [-0.15, -0.1) is 0 Å². The molecule has 0 spiro atoms. The van der Waals surface area contributed by atoms with Gasteiger partial charge in [0.1, 0.15) is 0 Å². The Morgan fingerprint density at radius 2 is 1.65 bits per heavy atom. The number of nitrogens with zero attached hydrogens (tertiary/aromatic N) is 1. The van der Waals surface area contributed by atoms with Crippen LogP contribution in [0.25, 0.3) is 11.1 Å². The molecule has 0 saturated carbocycles. The zero-order valence-corrected chi connectivity index (χ0v) is 19.6. The normalized spacial score (nSPS) is 16.1. The van der Waals surface area contributed by atoms with Crippen LogP contribution in [0.4, 0.5) is 0 Å². The van der Waals surface area contributed by atoms with Crippen molar-refractivity contribution in [1.82, 2.24) is 10.2 Å². The number of hydrogen-bond acceptors (Lipinski definition) is 2. The molecule has 0 atom stereocenters. The molecule has 31 heavy (non-hydrogen) atoms. The lowest BCUT2D eigenvalue weighted by Crippen LogP contribution is -2.51. The first kappa shape index (κ1) is 23.1. The third-order valence-corrected chi connectivity index (χ3v) is 6.31. The maximum Gasteiger partial charge on any atom is 0.226 e. The number of rotatable bonds is 5. The van der Waals surface area contributed by atoms with Gasteiger partial charge < -0.3 is 10.2 Å². The van der Waals surface area contributed by atoms with E-state index >= 15 is 0 Å². The van der Waals surface area contributed by atoms with Crippen molar-refractivity contribution in [2.75, 3.05) is 20.1 Å². The predicted octanol–water partition coefficient (Wildman–Crippen LogP) is 5.00. The van der Waals surface area contributed by atoms with Gasteiger partial charge in [0, 0.05) is 26.6 Å². The number of likely N-dealkylation sites (tertiary alicyclic amines) is 1. The zero-order chi connectivity index (χ0) is 22.6. The van der Waals surface area contributed by atoms with Gasteiger partial charge in [0.25, 0.3) is 0 Å². The minimum atomic E-state index is -0.460. The van der Waals surface area contributed by atoms with Gasteiger partial charge in [-0.25, -0.2) is 0 Å². The van der Waals surface area contributed by atoms with E-state index in [4.69, 9.17) is 0 Å². The summed E-state index contributed by atoms with van der Waals surface area (Å²) in [6.45, 7) is 9.65. The van der Waals surface area contributed by atoms with E-state index in [0.29, 0.717) is 38.8 Å². The van der Waals surface area contributed by atoms with Crippen molar-refractivity contribution >= 4 is 11.8 Å².